The number of carboxylic acid groups (broad SMARTS) is 1. The van der Waals surface area contributed by atoms with Crippen LogP contribution in [0.25, 0.3) is 0 Å². The minimum absolute atomic E-state index is 0.00874. The fourth-order valence-electron chi connectivity index (χ4n) is 1.47. The Bertz CT molecular complexity index is 237. The number of rotatable bonds is 6. The summed E-state index contributed by atoms with van der Waals surface area (Å²) in [7, 11) is 0. The highest BCUT2D eigenvalue weighted by Gasteiger charge is 2.21. The van der Waals surface area contributed by atoms with E-state index in [9.17, 15) is 9.59 Å². The molecule has 0 unspecified atom stereocenters. The molecule has 2 amide bonds. The van der Waals surface area contributed by atoms with Crippen LogP contribution in [-0.4, -0.2) is 52.6 Å². The van der Waals surface area contributed by atoms with Gasteiger partial charge in [0.1, 0.15) is 0 Å². The van der Waals surface area contributed by atoms with Crippen molar-refractivity contribution in [3.05, 3.63) is 0 Å². The number of carbonyl (C=O) groups excluding carboxylic acids is 1. The van der Waals surface area contributed by atoms with Crippen molar-refractivity contribution in [1.29, 1.82) is 0 Å². The minimum atomic E-state index is -0.877. The lowest BCUT2D eigenvalue weighted by atomic mass is 10.3. The molecule has 0 aromatic rings. The van der Waals surface area contributed by atoms with E-state index in [1.807, 2.05) is 27.7 Å². The number of hydrogen-bond donors (Lipinski definition) is 1. The third kappa shape index (κ3) is 4.51. The molecule has 0 aliphatic carbocycles. The molecule has 0 heterocycles. The van der Waals surface area contributed by atoms with E-state index in [-0.39, 0.29) is 25.0 Å². The molecule has 0 spiro atoms. The Morgan fingerprint density at radius 2 is 1.69 bits per heavy atom. The van der Waals surface area contributed by atoms with Crippen LogP contribution in [0.3, 0.4) is 0 Å². The maximum atomic E-state index is 12.0. The number of urea groups is 1. The molecule has 1 N–H and O–H groups in total. The van der Waals surface area contributed by atoms with Gasteiger partial charge in [-0.1, -0.05) is 0 Å². The molecule has 0 bridgehead atoms. The summed E-state index contributed by atoms with van der Waals surface area (Å²) in [5, 5.41) is 8.63. The van der Waals surface area contributed by atoms with Gasteiger partial charge in [-0.3, -0.25) is 4.79 Å². The molecule has 0 radical (unpaired) electrons. The first-order chi connectivity index (χ1) is 7.43. The van der Waals surface area contributed by atoms with E-state index in [1.54, 1.807) is 9.80 Å². The molecular weight excluding hydrogens is 208 g/mol. The summed E-state index contributed by atoms with van der Waals surface area (Å²) >= 11 is 0. The van der Waals surface area contributed by atoms with Crippen LogP contribution < -0.4 is 0 Å². The molecule has 0 fully saturated rings. The topological polar surface area (TPSA) is 60.9 Å². The van der Waals surface area contributed by atoms with Crippen LogP contribution in [0.5, 0.6) is 0 Å². The average molecular weight is 230 g/mol. The first-order valence-electron chi connectivity index (χ1n) is 5.71. The molecule has 5 nitrogen and oxygen atoms in total. The third-order valence-electron chi connectivity index (χ3n) is 2.47. The summed E-state index contributed by atoms with van der Waals surface area (Å²) in [5.41, 5.74) is 0. The zero-order valence-electron chi connectivity index (χ0n) is 10.6. The Labute approximate surface area is 97.0 Å². The lowest BCUT2D eigenvalue weighted by Gasteiger charge is -2.31. The van der Waals surface area contributed by atoms with Gasteiger partial charge in [0.15, 0.2) is 0 Å². The van der Waals surface area contributed by atoms with Gasteiger partial charge in [-0.2, -0.15) is 0 Å². The van der Waals surface area contributed by atoms with Gasteiger partial charge in [-0.25, -0.2) is 4.79 Å². The average Bonchev–Trinajstić information content (AvgIpc) is 2.18. The predicted octanol–water partition coefficient (Wildman–Crippen LogP) is 1.63. The fourth-order valence-corrected chi connectivity index (χ4v) is 1.47. The van der Waals surface area contributed by atoms with Gasteiger partial charge in [0, 0.05) is 25.7 Å². The molecule has 0 atom stereocenters. The van der Waals surface area contributed by atoms with E-state index in [1.165, 1.54) is 0 Å². The van der Waals surface area contributed by atoms with Crippen LogP contribution in [0.2, 0.25) is 0 Å². The van der Waals surface area contributed by atoms with Crippen molar-refractivity contribution in [3.8, 4) is 0 Å². The molecule has 0 aromatic carbocycles. The quantitative estimate of drug-likeness (QED) is 0.754. The number of nitrogens with zero attached hydrogens (tertiary/aromatic N) is 2. The van der Waals surface area contributed by atoms with Crippen molar-refractivity contribution in [2.45, 2.75) is 40.2 Å². The van der Waals surface area contributed by atoms with Gasteiger partial charge in [0.2, 0.25) is 0 Å². The van der Waals surface area contributed by atoms with Gasteiger partial charge in [0.25, 0.3) is 0 Å². The molecule has 0 saturated carbocycles. The summed E-state index contributed by atoms with van der Waals surface area (Å²) < 4.78 is 0. The second-order valence-corrected chi connectivity index (χ2v) is 3.89. The Balaban J connectivity index is 4.51. The summed E-state index contributed by atoms with van der Waals surface area (Å²) in [5.74, 6) is -0.877. The Morgan fingerprint density at radius 1 is 1.19 bits per heavy atom. The van der Waals surface area contributed by atoms with Gasteiger partial charge in [-0.05, 0) is 27.7 Å². The van der Waals surface area contributed by atoms with Crippen LogP contribution in [0.1, 0.15) is 34.1 Å². The van der Waals surface area contributed by atoms with Gasteiger partial charge < -0.3 is 14.9 Å². The van der Waals surface area contributed by atoms with Crippen LogP contribution in [0, 0.1) is 0 Å². The van der Waals surface area contributed by atoms with Crippen molar-refractivity contribution >= 4 is 12.0 Å². The van der Waals surface area contributed by atoms with E-state index in [0.717, 1.165) is 0 Å². The highest BCUT2D eigenvalue weighted by atomic mass is 16.4. The lowest BCUT2D eigenvalue weighted by Crippen LogP contribution is -2.47. The monoisotopic (exact) mass is 230 g/mol. The van der Waals surface area contributed by atoms with E-state index in [2.05, 4.69) is 0 Å². The van der Waals surface area contributed by atoms with Crippen LogP contribution in [-0.2, 0) is 4.79 Å². The first-order valence-corrected chi connectivity index (χ1v) is 5.71. The molecule has 94 valence electrons. The number of carbonyl (C=O) groups is 2. The zero-order chi connectivity index (χ0) is 12.7. The van der Waals surface area contributed by atoms with E-state index < -0.39 is 5.97 Å². The van der Waals surface area contributed by atoms with Gasteiger partial charge in [0.05, 0.1) is 6.42 Å². The van der Waals surface area contributed by atoms with Crippen molar-refractivity contribution in [1.82, 2.24) is 9.80 Å². The van der Waals surface area contributed by atoms with Crippen molar-refractivity contribution in [2.24, 2.45) is 0 Å². The predicted molar refractivity (Wildman–Crippen MR) is 62.4 cm³/mol. The maximum absolute atomic E-state index is 12.0. The Morgan fingerprint density at radius 3 is 2.00 bits per heavy atom. The molecular formula is C11H22N2O3. The summed E-state index contributed by atoms with van der Waals surface area (Å²) in [6.07, 6.45) is -0.00874. The minimum Gasteiger partial charge on any atom is -0.481 e. The van der Waals surface area contributed by atoms with Crippen molar-refractivity contribution < 1.29 is 14.7 Å². The normalized spacial score (nSPS) is 10.3. The molecule has 0 saturated heterocycles. The lowest BCUT2D eigenvalue weighted by molar-refractivity contribution is -0.137. The third-order valence-corrected chi connectivity index (χ3v) is 2.47. The van der Waals surface area contributed by atoms with E-state index in [4.69, 9.17) is 5.11 Å². The Kier molecular flexibility index (Phi) is 6.53. The first kappa shape index (κ1) is 14.7. The van der Waals surface area contributed by atoms with Gasteiger partial charge >= 0.3 is 12.0 Å². The van der Waals surface area contributed by atoms with E-state index >= 15 is 0 Å². The number of aliphatic carboxylic acids is 1. The van der Waals surface area contributed by atoms with E-state index in [0.29, 0.717) is 13.1 Å². The number of amides is 2. The number of carboxylic acids is 1. The maximum Gasteiger partial charge on any atom is 0.320 e. The van der Waals surface area contributed by atoms with Crippen molar-refractivity contribution in [3.63, 3.8) is 0 Å². The van der Waals surface area contributed by atoms with Gasteiger partial charge in [-0.15, -0.1) is 0 Å². The molecule has 16 heavy (non-hydrogen) atoms. The summed E-state index contributed by atoms with van der Waals surface area (Å²) in [4.78, 5) is 25.8. The molecule has 5 heteroatoms. The van der Waals surface area contributed by atoms with Crippen LogP contribution in [0.15, 0.2) is 0 Å². The standard InChI is InChI=1S/C11H22N2O3/c1-5-12(6-2)11(16)13(9(3)4)8-7-10(14)15/h9H,5-8H2,1-4H3,(H,14,15). The molecule has 0 aromatic heterocycles. The SMILES string of the molecule is CCN(CC)C(=O)N(CCC(=O)O)C(C)C. The highest BCUT2D eigenvalue weighted by molar-refractivity contribution is 5.75. The fraction of sp³-hybridized carbons (Fsp3) is 0.818. The molecule has 0 aliphatic rings. The van der Waals surface area contributed by atoms with Crippen LogP contribution >= 0.6 is 0 Å². The second-order valence-electron chi connectivity index (χ2n) is 3.89. The van der Waals surface area contributed by atoms with Crippen LogP contribution in [0.4, 0.5) is 4.79 Å². The largest absolute Gasteiger partial charge is 0.481 e. The number of hydrogen-bond acceptors (Lipinski definition) is 2. The molecule has 0 rings (SSSR count). The Hall–Kier alpha value is -1.26. The second kappa shape index (κ2) is 7.09. The van der Waals surface area contributed by atoms with Crippen molar-refractivity contribution in [2.75, 3.05) is 19.6 Å². The smallest absolute Gasteiger partial charge is 0.320 e. The molecule has 0 aliphatic heterocycles. The summed E-state index contributed by atoms with van der Waals surface area (Å²) in [6, 6.07) is -0.0614. The summed E-state index contributed by atoms with van der Waals surface area (Å²) in [6.45, 7) is 9.17. The zero-order valence-corrected chi connectivity index (χ0v) is 10.6. The highest BCUT2D eigenvalue weighted by Crippen LogP contribution is 2.05.